The topological polar surface area (TPSA) is 32.3 Å². The summed E-state index contributed by atoms with van der Waals surface area (Å²) in [6.07, 6.45) is 1.79. The quantitative estimate of drug-likeness (QED) is 0.926. The summed E-state index contributed by atoms with van der Waals surface area (Å²) in [6, 6.07) is 4.13. The molecule has 1 aromatic carbocycles. The second-order valence-electron chi connectivity index (χ2n) is 5.47. The van der Waals surface area contributed by atoms with E-state index < -0.39 is 17.5 Å². The fraction of sp³-hybridized carbons (Fsp3) is 0.562. The van der Waals surface area contributed by atoms with Crippen LogP contribution >= 0.6 is 0 Å². The fourth-order valence-electron chi connectivity index (χ4n) is 3.00. The second kappa shape index (κ2) is 6.98. The number of amides is 1. The van der Waals surface area contributed by atoms with Gasteiger partial charge in [0.1, 0.15) is 0 Å². The highest BCUT2D eigenvalue weighted by Crippen LogP contribution is 2.23. The fourth-order valence-corrected chi connectivity index (χ4v) is 3.00. The number of carbonyl (C=O) groups excluding carboxylic acids is 1. The Hall–Kier alpha value is -1.49. The van der Waals surface area contributed by atoms with E-state index in [-0.39, 0.29) is 5.56 Å². The molecule has 3 nitrogen and oxygen atoms in total. The molecule has 1 saturated heterocycles. The molecule has 2 atom stereocenters. The first kappa shape index (κ1) is 15.9. The summed E-state index contributed by atoms with van der Waals surface area (Å²) in [4.78, 5) is 14.0. The van der Waals surface area contributed by atoms with Gasteiger partial charge in [-0.05, 0) is 31.0 Å². The van der Waals surface area contributed by atoms with E-state index in [1.165, 1.54) is 12.1 Å². The Morgan fingerprint density at radius 1 is 1.38 bits per heavy atom. The standard InChI is InChI=1S/C16H22F2N2O/c1-3-11-10-20(9-8-14(11)19-4-2)16(21)12-6-5-7-13(17)15(12)18/h5-7,11,14,19H,3-4,8-10H2,1-2H3. The molecule has 0 spiro atoms. The van der Waals surface area contributed by atoms with Crippen LogP contribution in [-0.4, -0.2) is 36.5 Å². The first-order valence-electron chi connectivity index (χ1n) is 7.55. The molecule has 0 aromatic heterocycles. The minimum atomic E-state index is -1.05. The van der Waals surface area contributed by atoms with Crippen LogP contribution in [0, 0.1) is 17.6 Å². The van der Waals surface area contributed by atoms with Crippen molar-refractivity contribution in [3.63, 3.8) is 0 Å². The van der Waals surface area contributed by atoms with Crippen molar-refractivity contribution in [1.82, 2.24) is 10.2 Å². The number of hydrogen-bond donors (Lipinski definition) is 1. The van der Waals surface area contributed by atoms with E-state index in [0.29, 0.717) is 25.0 Å². The maximum atomic E-state index is 13.7. The van der Waals surface area contributed by atoms with E-state index in [1.807, 2.05) is 0 Å². The van der Waals surface area contributed by atoms with Crippen molar-refractivity contribution in [2.45, 2.75) is 32.7 Å². The van der Waals surface area contributed by atoms with E-state index in [2.05, 4.69) is 19.2 Å². The molecule has 2 rings (SSSR count). The van der Waals surface area contributed by atoms with Gasteiger partial charge in [0.25, 0.3) is 5.91 Å². The lowest BCUT2D eigenvalue weighted by Gasteiger charge is -2.38. The lowest BCUT2D eigenvalue weighted by molar-refractivity contribution is 0.0622. The summed E-state index contributed by atoms with van der Waals surface area (Å²) in [5.41, 5.74) is -0.174. The molecular weight excluding hydrogens is 274 g/mol. The van der Waals surface area contributed by atoms with Crippen LogP contribution in [0.4, 0.5) is 8.78 Å². The highest BCUT2D eigenvalue weighted by atomic mass is 19.2. The molecule has 5 heteroatoms. The normalized spacial score (nSPS) is 22.4. The minimum Gasteiger partial charge on any atom is -0.338 e. The molecule has 1 amide bonds. The monoisotopic (exact) mass is 296 g/mol. The third-order valence-corrected chi connectivity index (χ3v) is 4.19. The molecule has 2 unspecified atom stereocenters. The Balaban J connectivity index is 2.12. The molecule has 0 saturated carbocycles. The number of piperidine rings is 1. The van der Waals surface area contributed by atoms with E-state index in [9.17, 15) is 13.6 Å². The van der Waals surface area contributed by atoms with Crippen LogP contribution in [0.3, 0.4) is 0 Å². The number of nitrogens with zero attached hydrogens (tertiary/aromatic N) is 1. The zero-order valence-corrected chi connectivity index (χ0v) is 12.5. The van der Waals surface area contributed by atoms with Crippen molar-refractivity contribution in [3.05, 3.63) is 35.4 Å². The second-order valence-corrected chi connectivity index (χ2v) is 5.47. The van der Waals surface area contributed by atoms with Gasteiger partial charge in [0.05, 0.1) is 5.56 Å². The SMILES string of the molecule is CCNC1CCN(C(=O)c2cccc(F)c2F)CC1CC. The van der Waals surface area contributed by atoms with Gasteiger partial charge in [-0.1, -0.05) is 26.3 Å². The summed E-state index contributed by atoms with van der Waals surface area (Å²) >= 11 is 0. The number of hydrogen-bond acceptors (Lipinski definition) is 2. The minimum absolute atomic E-state index is 0.174. The van der Waals surface area contributed by atoms with Crippen LogP contribution in [-0.2, 0) is 0 Å². The Kier molecular flexibility index (Phi) is 5.28. The van der Waals surface area contributed by atoms with Gasteiger partial charge in [-0.25, -0.2) is 8.78 Å². The Morgan fingerprint density at radius 3 is 2.81 bits per heavy atom. The number of carbonyl (C=O) groups is 1. The first-order valence-corrected chi connectivity index (χ1v) is 7.55. The Labute approximate surface area is 124 Å². The number of benzene rings is 1. The van der Waals surface area contributed by atoms with Crippen LogP contribution in [0.2, 0.25) is 0 Å². The highest BCUT2D eigenvalue weighted by molar-refractivity contribution is 5.94. The molecule has 1 aliphatic heterocycles. The van der Waals surface area contributed by atoms with Crippen LogP contribution in [0.25, 0.3) is 0 Å². The van der Waals surface area contributed by atoms with Gasteiger partial charge in [-0.2, -0.15) is 0 Å². The number of rotatable bonds is 4. The van der Waals surface area contributed by atoms with Crippen molar-refractivity contribution >= 4 is 5.91 Å². The molecule has 1 heterocycles. The molecule has 1 N–H and O–H groups in total. The molecule has 1 aromatic rings. The molecule has 0 aliphatic carbocycles. The number of halogens is 2. The zero-order valence-electron chi connectivity index (χ0n) is 12.5. The first-order chi connectivity index (χ1) is 10.1. The average Bonchev–Trinajstić information content (AvgIpc) is 2.50. The number of likely N-dealkylation sites (tertiary alicyclic amines) is 1. The highest BCUT2D eigenvalue weighted by Gasteiger charge is 2.31. The van der Waals surface area contributed by atoms with Crippen molar-refractivity contribution in [3.8, 4) is 0 Å². The smallest absolute Gasteiger partial charge is 0.256 e. The van der Waals surface area contributed by atoms with E-state index >= 15 is 0 Å². The van der Waals surface area contributed by atoms with Crippen molar-refractivity contribution in [1.29, 1.82) is 0 Å². The molecule has 21 heavy (non-hydrogen) atoms. The summed E-state index contributed by atoms with van der Waals surface area (Å²) in [5.74, 6) is -2.10. The van der Waals surface area contributed by atoms with E-state index in [4.69, 9.17) is 0 Å². The van der Waals surface area contributed by atoms with Gasteiger partial charge in [-0.15, -0.1) is 0 Å². The number of nitrogens with one attached hydrogen (secondary N) is 1. The summed E-state index contributed by atoms with van der Waals surface area (Å²) < 4.78 is 27.0. The molecule has 1 aliphatic rings. The van der Waals surface area contributed by atoms with E-state index in [1.54, 1.807) is 4.90 Å². The van der Waals surface area contributed by atoms with Gasteiger partial charge < -0.3 is 10.2 Å². The largest absolute Gasteiger partial charge is 0.338 e. The van der Waals surface area contributed by atoms with Crippen molar-refractivity contribution < 1.29 is 13.6 Å². The maximum absolute atomic E-state index is 13.7. The van der Waals surface area contributed by atoms with E-state index in [0.717, 1.165) is 25.5 Å². The Morgan fingerprint density at radius 2 is 2.14 bits per heavy atom. The van der Waals surface area contributed by atoms with Gasteiger partial charge >= 0.3 is 0 Å². The molecule has 0 bridgehead atoms. The predicted molar refractivity (Wildman–Crippen MR) is 78.1 cm³/mol. The van der Waals surface area contributed by atoms with Gasteiger partial charge in [0.15, 0.2) is 11.6 Å². The predicted octanol–water partition coefficient (Wildman–Crippen LogP) is 2.82. The van der Waals surface area contributed by atoms with Crippen molar-refractivity contribution in [2.24, 2.45) is 5.92 Å². The summed E-state index contributed by atoms with van der Waals surface area (Å²) in [6.45, 7) is 6.21. The molecule has 1 fully saturated rings. The van der Waals surface area contributed by atoms with Gasteiger partial charge in [-0.3, -0.25) is 4.79 Å². The van der Waals surface area contributed by atoms with Gasteiger partial charge in [0, 0.05) is 19.1 Å². The average molecular weight is 296 g/mol. The third-order valence-electron chi connectivity index (χ3n) is 4.19. The summed E-state index contributed by atoms with van der Waals surface area (Å²) in [7, 11) is 0. The zero-order chi connectivity index (χ0) is 15.4. The van der Waals surface area contributed by atoms with Crippen LogP contribution in [0.1, 0.15) is 37.0 Å². The van der Waals surface area contributed by atoms with Crippen LogP contribution in [0.15, 0.2) is 18.2 Å². The molecule has 0 radical (unpaired) electrons. The maximum Gasteiger partial charge on any atom is 0.256 e. The van der Waals surface area contributed by atoms with Gasteiger partial charge in [0.2, 0.25) is 0 Å². The molecular formula is C16H22F2N2O. The lowest BCUT2D eigenvalue weighted by Crippen LogP contribution is -2.51. The van der Waals surface area contributed by atoms with Crippen molar-refractivity contribution in [2.75, 3.05) is 19.6 Å². The lowest BCUT2D eigenvalue weighted by atomic mass is 9.89. The third kappa shape index (κ3) is 3.40. The summed E-state index contributed by atoms with van der Waals surface area (Å²) in [5, 5.41) is 3.43. The van der Waals surface area contributed by atoms with Crippen LogP contribution < -0.4 is 5.32 Å². The van der Waals surface area contributed by atoms with Crippen LogP contribution in [0.5, 0.6) is 0 Å². The Bertz CT molecular complexity index is 507. The molecule has 116 valence electrons.